The molecule has 2 aliphatic rings. The van der Waals surface area contributed by atoms with E-state index in [2.05, 4.69) is 15.2 Å². The molecule has 3 heterocycles. The fourth-order valence-electron chi connectivity index (χ4n) is 3.79. The third-order valence-electron chi connectivity index (χ3n) is 5.37. The van der Waals surface area contributed by atoms with E-state index in [4.69, 9.17) is 9.40 Å². The predicted molar refractivity (Wildman–Crippen MR) is 95.9 cm³/mol. The molecule has 1 fully saturated rings. The second-order valence-corrected chi connectivity index (χ2v) is 7.08. The van der Waals surface area contributed by atoms with Gasteiger partial charge in [-0.25, -0.2) is 9.97 Å². The summed E-state index contributed by atoms with van der Waals surface area (Å²) in [7, 11) is 0. The van der Waals surface area contributed by atoms with Crippen molar-refractivity contribution in [3.8, 4) is 0 Å². The molecule has 1 atom stereocenters. The van der Waals surface area contributed by atoms with E-state index in [9.17, 15) is 9.90 Å². The Labute approximate surface area is 152 Å². The number of carbonyl (C=O) groups excluding carboxylic acids is 1. The summed E-state index contributed by atoms with van der Waals surface area (Å²) in [6, 6.07) is 3.29. The van der Waals surface area contributed by atoms with Gasteiger partial charge in [0.05, 0.1) is 18.0 Å². The van der Waals surface area contributed by atoms with Gasteiger partial charge in [0.1, 0.15) is 0 Å². The summed E-state index contributed by atoms with van der Waals surface area (Å²) in [5, 5.41) is 12.3. The van der Waals surface area contributed by atoms with Crippen LogP contribution in [-0.4, -0.2) is 40.7 Å². The van der Waals surface area contributed by atoms with E-state index in [0.29, 0.717) is 11.7 Å². The maximum Gasteiger partial charge on any atom is 0.287 e. The highest BCUT2D eigenvalue weighted by atomic mass is 16.3. The predicted octanol–water partition coefficient (Wildman–Crippen LogP) is 2.09. The van der Waals surface area contributed by atoms with Crippen LogP contribution < -0.4 is 10.2 Å². The second-order valence-electron chi connectivity index (χ2n) is 7.08. The van der Waals surface area contributed by atoms with E-state index >= 15 is 0 Å². The summed E-state index contributed by atoms with van der Waals surface area (Å²) in [6.07, 6.45) is 8.08. The number of fused-ring (bicyclic) bond motifs is 1. The quantitative estimate of drug-likeness (QED) is 0.872. The lowest BCUT2D eigenvalue weighted by Crippen LogP contribution is -2.36. The van der Waals surface area contributed by atoms with Gasteiger partial charge in [-0.2, -0.15) is 0 Å². The van der Waals surface area contributed by atoms with Gasteiger partial charge >= 0.3 is 0 Å². The molecule has 0 unspecified atom stereocenters. The molecule has 1 saturated heterocycles. The van der Waals surface area contributed by atoms with Crippen LogP contribution in [0.2, 0.25) is 0 Å². The Kier molecular flexibility index (Phi) is 4.88. The Morgan fingerprint density at radius 2 is 2.19 bits per heavy atom. The van der Waals surface area contributed by atoms with Crippen LogP contribution in [0, 0.1) is 5.92 Å². The Morgan fingerprint density at radius 3 is 2.92 bits per heavy atom. The van der Waals surface area contributed by atoms with E-state index in [0.717, 1.165) is 62.4 Å². The second kappa shape index (κ2) is 7.45. The molecule has 138 valence electrons. The molecule has 1 aliphatic heterocycles. The number of hydrogen-bond acceptors (Lipinski definition) is 6. The van der Waals surface area contributed by atoms with Crippen molar-refractivity contribution < 1.29 is 14.3 Å². The minimum absolute atomic E-state index is 0.0782. The van der Waals surface area contributed by atoms with Crippen LogP contribution in [0.4, 0.5) is 5.95 Å². The number of aliphatic hydroxyl groups excluding tert-OH is 1. The Balaban J connectivity index is 1.48. The lowest BCUT2D eigenvalue weighted by molar-refractivity contribution is 0.0904. The van der Waals surface area contributed by atoms with E-state index in [1.165, 1.54) is 6.26 Å². The Hall–Kier alpha value is -2.41. The number of amides is 1. The SMILES string of the molecule is O=C(N[C@@H]1CCCc2nc(N3CCC(CO)CC3)ncc21)c1ccco1. The Morgan fingerprint density at radius 1 is 1.35 bits per heavy atom. The molecule has 0 spiro atoms. The van der Waals surface area contributed by atoms with Crippen LogP contribution in [0.3, 0.4) is 0 Å². The molecular weight excluding hydrogens is 332 g/mol. The number of carbonyl (C=O) groups is 1. The lowest BCUT2D eigenvalue weighted by atomic mass is 9.92. The average Bonchev–Trinajstić information content (AvgIpc) is 3.23. The molecule has 4 rings (SSSR count). The highest BCUT2D eigenvalue weighted by Crippen LogP contribution is 2.30. The summed E-state index contributed by atoms with van der Waals surface area (Å²) in [6.45, 7) is 2.02. The first-order valence-electron chi connectivity index (χ1n) is 9.30. The van der Waals surface area contributed by atoms with Crippen molar-refractivity contribution in [1.29, 1.82) is 0 Å². The molecule has 2 N–H and O–H groups in total. The lowest BCUT2D eigenvalue weighted by Gasteiger charge is -2.32. The fourth-order valence-corrected chi connectivity index (χ4v) is 3.79. The number of aryl methyl sites for hydroxylation is 1. The first kappa shape index (κ1) is 17.0. The zero-order valence-corrected chi connectivity index (χ0v) is 14.7. The van der Waals surface area contributed by atoms with Crippen molar-refractivity contribution in [2.45, 2.75) is 38.1 Å². The van der Waals surface area contributed by atoms with Crippen molar-refractivity contribution >= 4 is 11.9 Å². The number of piperidine rings is 1. The maximum absolute atomic E-state index is 12.3. The van der Waals surface area contributed by atoms with Crippen LogP contribution in [0.1, 0.15) is 53.5 Å². The first-order valence-corrected chi connectivity index (χ1v) is 9.30. The van der Waals surface area contributed by atoms with Gasteiger partial charge in [-0.15, -0.1) is 0 Å². The monoisotopic (exact) mass is 356 g/mol. The van der Waals surface area contributed by atoms with Gasteiger partial charge in [-0.05, 0) is 50.2 Å². The standard InChI is InChI=1S/C19H24N4O3/c24-12-13-6-8-23(9-7-13)19-20-11-14-15(3-1-4-16(14)22-19)21-18(25)17-5-2-10-26-17/h2,5,10-11,13,15,24H,1,3-4,6-9,12H2,(H,21,25)/t15-/m1/s1. The van der Waals surface area contributed by atoms with E-state index in [1.807, 2.05) is 6.20 Å². The summed E-state index contributed by atoms with van der Waals surface area (Å²) in [5.74, 6) is 1.27. The summed E-state index contributed by atoms with van der Waals surface area (Å²) < 4.78 is 5.17. The molecule has 0 saturated carbocycles. The summed E-state index contributed by atoms with van der Waals surface area (Å²) in [5.41, 5.74) is 2.03. The molecule has 0 aromatic carbocycles. The molecule has 0 radical (unpaired) electrons. The van der Waals surface area contributed by atoms with Crippen LogP contribution >= 0.6 is 0 Å². The molecule has 7 nitrogen and oxygen atoms in total. The van der Waals surface area contributed by atoms with Crippen molar-refractivity contribution in [3.05, 3.63) is 41.6 Å². The molecule has 0 bridgehead atoms. The van der Waals surface area contributed by atoms with Crippen molar-refractivity contribution in [2.24, 2.45) is 5.92 Å². The normalized spacial score (nSPS) is 20.7. The van der Waals surface area contributed by atoms with Gasteiger partial charge in [-0.1, -0.05) is 0 Å². The number of nitrogens with zero attached hydrogens (tertiary/aromatic N) is 3. The van der Waals surface area contributed by atoms with Crippen molar-refractivity contribution in [3.63, 3.8) is 0 Å². The van der Waals surface area contributed by atoms with Gasteiger partial charge < -0.3 is 19.7 Å². The number of nitrogens with one attached hydrogen (secondary N) is 1. The van der Waals surface area contributed by atoms with Gasteiger partial charge in [0, 0.05) is 31.5 Å². The van der Waals surface area contributed by atoms with E-state index in [1.54, 1.807) is 12.1 Å². The van der Waals surface area contributed by atoms with Gasteiger partial charge in [0.2, 0.25) is 5.95 Å². The number of aromatic nitrogens is 2. The third kappa shape index (κ3) is 3.44. The minimum atomic E-state index is -0.206. The number of furan rings is 1. The molecule has 2 aromatic rings. The molecule has 26 heavy (non-hydrogen) atoms. The molecular formula is C19H24N4O3. The van der Waals surface area contributed by atoms with Crippen molar-refractivity contribution in [2.75, 3.05) is 24.6 Å². The first-order chi connectivity index (χ1) is 12.7. The number of aliphatic hydroxyl groups is 1. The Bertz CT molecular complexity index is 754. The summed E-state index contributed by atoms with van der Waals surface area (Å²) >= 11 is 0. The fraction of sp³-hybridized carbons (Fsp3) is 0.526. The van der Waals surface area contributed by atoms with Crippen LogP contribution in [0.25, 0.3) is 0 Å². The topological polar surface area (TPSA) is 91.5 Å². The zero-order chi connectivity index (χ0) is 17.9. The third-order valence-corrected chi connectivity index (χ3v) is 5.37. The molecule has 7 heteroatoms. The molecule has 1 amide bonds. The van der Waals surface area contributed by atoms with Gasteiger partial charge in [0.15, 0.2) is 5.76 Å². The van der Waals surface area contributed by atoms with Crippen LogP contribution in [0.15, 0.2) is 29.0 Å². The number of rotatable bonds is 4. The largest absolute Gasteiger partial charge is 0.459 e. The van der Waals surface area contributed by atoms with Crippen molar-refractivity contribution in [1.82, 2.24) is 15.3 Å². The average molecular weight is 356 g/mol. The highest BCUT2D eigenvalue weighted by Gasteiger charge is 2.27. The zero-order valence-electron chi connectivity index (χ0n) is 14.7. The number of hydrogen-bond donors (Lipinski definition) is 2. The van der Waals surface area contributed by atoms with Gasteiger partial charge in [0.25, 0.3) is 5.91 Å². The smallest absolute Gasteiger partial charge is 0.287 e. The minimum Gasteiger partial charge on any atom is -0.459 e. The molecule has 1 aliphatic carbocycles. The van der Waals surface area contributed by atoms with Crippen LogP contribution in [0.5, 0.6) is 0 Å². The number of anilines is 1. The van der Waals surface area contributed by atoms with Gasteiger partial charge in [-0.3, -0.25) is 4.79 Å². The van der Waals surface area contributed by atoms with Crippen LogP contribution in [-0.2, 0) is 6.42 Å². The van der Waals surface area contributed by atoms with E-state index in [-0.39, 0.29) is 18.6 Å². The van der Waals surface area contributed by atoms with E-state index < -0.39 is 0 Å². The summed E-state index contributed by atoms with van der Waals surface area (Å²) in [4.78, 5) is 23.8. The highest BCUT2D eigenvalue weighted by molar-refractivity contribution is 5.91. The maximum atomic E-state index is 12.3. The molecule has 2 aromatic heterocycles.